The molecule has 0 saturated heterocycles. The van der Waals surface area contributed by atoms with E-state index >= 15 is 0 Å². The number of carbonyl (C=O) groups is 2. The summed E-state index contributed by atoms with van der Waals surface area (Å²) >= 11 is 0. The summed E-state index contributed by atoms with van der Waals surface area (Å²) in [6.45, 7) is 5.88. The van der Waals surface area contributed by atoms with Crippen molar-refractivity contribution in [3.63, 3.8) is 0 Å². The van der Waals surface area contributed by atoms with E-state index in [0.717, 1.165) is 31.6 Å². The maximum atomic E-state index is 12.2. The predicted octanol–water partition coefficient (Wildman–Crippen LogP) is 3.99. The summed E-state index contributed by atoms with van der Waals surface area (Å²) < 4.78 is 0. The molecule has 0 aliphatic heterocycles. The van der Waals surface area contributed by atoms with Crippen molar-refractivity contribution >= 4 is 11.9 Å². The first-order valence-corrected chi connectivity index (χ1v) is 8.98. The summed E-state index contributed by atoms with van der Waals surface area (Å²) in [7, 11) is 0. The molecule has 1 rings (SSSR count). The molecular formula is C18H33NO3. The van der Waals surface area contributed by atoms with Gasteiger partial charge in [0.1, 0.15) is 6.04 Å². The third kappa shape index (κ3) is 6.37. The summed E-state index contributed by atoms with van der Waals surface area (Å²) in [4.78, 5) is 23.4. The van der Waals surface area contributed by atoms with Crippen LogP contribution in [0.1, 0.15) is 78.6 Å². The average Bonchev–Trinajstić information content (AvgIpc) is 2.49. The van der Waals surface area contributed by atoms with Gasteiger partial charge in [-0.05, 0) is 37.5 Å². The number of carboxylic acids is 1. The maximum absolute atomic E-state index is 12.2. The van der Waals surface area contributed by atoms with Crippen LogP contribution >= 0.6 is 0 Å². The molecule has 22 heavy (non-hydrogen) atoms. The monoisotopic (exact) mass is 311 g/mol. The second-order valence-electron chi connectivity index (χ2n) is 7.14. The van der Waals surface area contributed by atoms with E-state index in [2.05, 4.69) is 12.2 Å². The number of carbonyl (C=O) groups excluding carboxylic acids is 1. The number of rotatable bonds is 9. The fourth-order valence-corrected chi connectivity index (χ4v) is 3.36. The van der Waals surface area contributed by atoms with Crippen LogP contribution in [-0.4, -0.2) is 23.0 Å². The second-order valence-corrected chi connectivity index (χ2v) is 7.14. The van der Waals surface area contributed by atoms with Crippen LogP contribution in [0.4, 0.5) is 0 Å². The van der Waals surface area contributed by atoms with E-state index in [1.165, 1.54) is 32.1 Å². The molecule has 128 valence electrons. The molecule has 1 aliphatic carbocycles. The van der Waals surface area contributed by atoms with Gasteiger partial charge < -0.3 is 10.4 Å². The van der Waals surface area contributed by atoms with Gasteiger partial charge in [-0.25, -0.2) is 4.79 Å². The number of aliphatic carboxylic acids is 1. The predicted molar refractivity (Wildman–Crippen MR) is 88.6 cm³/mol. The van der Waals surface area contributed by atoms with E-state index in [4.69, 9.17) is 5.11 Å². The molecule has 4 nitrogen and oxygen atoms in total. The van der Waals surface area contributed by atoms with Gasteiger partial charge in [0.05, 0.1) is 0 Å². The van der Waals surface area contributed by atoms with Gasteiger partial charge in [-0.1, -0.05) is 52.9 Å². The third-order valence-corrected chi connectivity index (χ3v) is 4.91. The lowest BCUT2D eigenvalue weighted by atomic mass is 9.79. The molecule has 0 unspecified atom stereocenters. The maximum Gasteiger partial charge on any atom is 0.326 e. The lowest BCUT2D eigenvalue weighted by Gasteiger charge is -2.29. The Morgan fingerprint density at radius 1 is 1.09 bits per heavy atom. The van der Waals surface area contributed by atoms with Crippen LogP contribution in [-0.2, 0) is 9.59 Å². The Hall–Kier alpha value is -1.06. The van der Waals surface area contributed by atoms with Crippen molar-refractivity contribution in [1.29, 1.82) is 0 Å². The van der Waals surface area contributed by atoms with Crippen molar-refractivity contribution in [2.24, 2.45) is 17.8 Å². The van der Waals surface area contributed by atoms with Crippen LogP contribution in [0.2, 0.25) is 0 Å². The Morgan fingerprint density at radius 2 is 1.73 bits per heavy atom. The number of amides is 1. The Morgan fingerprint density at radius 3 is 2.23 bits per heavy atom. The molecule has 0 bridgehead atoms. The molecule has 0 radical (unpaired) electrons. The highest BCUT2D eigenvalue weighted by Gasteiger charge is 2.30. The van der Waals surface area contributed by atoms with Gasteiger partial charge in [0, 0.05) is 5.92 Å². The molecule has 1 aliphatic rings. The van der Waals surface area contributed by atoms with Crippen LogP contribution < -0.4 is 5.32 Å². The Labute approximate surface area is 135 Å². The first-order chi connectivity index (χ1) is 10.5. The molecule has 4 heteroatoms. The molecule has 1 amide bonds. The van der Waals surface area contributed by atoms with E-state index < -0.39 is 12.0 Å². The summed E-state index contributed by atoms with van der Waals surface area (Å²) in [5, 5.41) is 11.9. The van der Waals surface area contributed by atoms with Crippen molar-refractivity contribution < 1.29 is 14.7 Å². The fourth-order valence-electron chi connectivity index (χ4n) is 3.36. The van der Waals surface area contributed by atoms with E-state index in [0.29, 0.717) is 0 Å². The third-order valence-electron chi connectivity index (χ3n) is 4.91. The number of nitrogens with one attached hydrogen (secondary N) is 1. The van der Waals surface area contributed by atoms with Crippen LogP contribution in [0.15, 0.2) is 0 Å². The summed E-state index contributed by atoms with van der Waals surface area (Å²) in [5.41, 5.74) is 0. The Kier molecular flexibility index (Phi) is 8.51. The topological polar surface area (TPSA) is 66.4 Å². The minimum atomic E-state index is -0.937. The highest BCUT2D eigenvalue weighted by Crippen LogP contribution is 2.32. The molecule has 0 heterocycles. The van der Waals surface area contributed by atoms with Gasteiger partial charge in [-0.15, -0.1) is 0 Å². The number of hydrogen-bond donors (Lipinski definition) is 2. The van der Waals surface area contributed by atoms with Crippen molar-refractivity contribution in [1.82, 2.24) is 5.32 Å². The molecule has 0 aromatic rings. The summed E-state index contributed by atoms with van der Waals surface area (Å²) in [6, 6.07) is -0.765. The quantitative estimate of drug-likeness (QED) is 0.633. The van der Waals surface area contributed by atoms with Gasteiger partial charge in [0.25, 0.3) is 0 Å². The van der Waals surface area contributed by atoms with Crippen LogP contribution in [0.3, 0.4) is 0 Å². The Bertz CT molecular complexity index is 346. The largest absolute Gasteiger partial charge is 0.480 e. The molecule has 0 aromatic heterocycles. The van der Waals surface area contributed by atoms with Gasteiger partial charge >= 0.3 is 5.97 Å². The average molecular weight is 311 g/mol. The van der Waals surface area contributed by atoms with Crippen LogP contribution in [0.25, 0.3) is 0 Å². The number of unbranched alkanes of at least 4 members (excludes halogenated alkanes) is 3. The molecule has 0 spiro atoms. The summed E-state index contributed by atoms with van der Waals surface area (Å²) in [5.74, 6) is -0.316. The van der Waals surface area contributed by atoms with Gasteiger partial charge in [0.15, 0.2) is 0 Å². The highest BCUT2D eigenvalue weighted by molar-refractivity contribution is 5.85. The first kappa shape index (κ1) is 19.0. The molecular weight excluding hydrogens is 278 g/mol. The minimum absolute atomic E-state index is 0.00694. The van der Waals surface area contributed by atoms with Crippen molar-refractivity contribution in [2.45, 2.75) is 84.6 Å². The first-order valence-electron chi connectivity index (χ1n) is 8.98. The van der Waals surface area contributed by atoms with Crippen molar-refractivity contribution in [2.75, 3.05) is 0 Å². The lowest BCUT2D eigenvalue weighted by molar-refractivity contribution is -0.144. The molecule has 1 fully saturated rings. The van der Waals surface area contributed by atoms with E-state index in [-0.39, 0.29) is 17.7 Å². The fraction of sp³-hybridized carbons (Fsp3) is 0.889. The second kappa shape index (κ2) is 9.86. The summed E-state index contributed by atoms with van der Waals surface area (Å²) in [6.07, 6.45) is 10.6. The van der Waals surface area contributed by atoms with Gasteiger partial charge in [-0.2, -0.15) is 0 Å². The molecule has 1 atom stereocenters. The van der Waals surface area contributed by atoms with Crippen LogP contribution in [0.5, 0.6) is 0 Å². The SMILES string of the molecule is CCCCCCC1CCC(C(=O)N[C@@H](C(=O)O)C(C)C)CC1. The zero-order valence-electron chi connectivity index (χ0n) is 14.4. The molecule has 1 saturated carbocycles. The Balaban J connectivity index is 2.31. The minimum Gasteiger partial charge on any atom is -0.480 e. The molecule has 2 N–H and O–H groups in total. The van der Waals surface area contributed by atoms with Crippen LogP contribution in [0, 0.1) is 17.8 Å². The van der Waals surface area contributed by atoms with Gasteiger partial charge in [-0.3, -0.25) is 4.79 Å². The number of carboxylic acid groups (broad SMARTS) is 1. The standard InChI is InChI=1S/C18H33NO3/c1-4-5-6-7-8-14-9-11-15(12-10-14)17(20)19-16(13(2)3)18(21)22/h13-16H,4-12H2,1-3H3,(H,19,20)(H,21,22)/t14?,15?,16-/m1/s1. The van der Waals surface area contributed by atoms with Crippen molar-refractivity contribution in [3.8, 4) is 0 Å². The normalized spacial score (nSPS) is 23.3. The van der Waals surface area contributed by atoms with E-state index in [9.17, 15) is 9.59 Å². The zero-order valence-corrected chi connectivity index (χ0v) is 14.4. The number of hydrogen-bond acceptors (Lipinski definition) is 2. The van der Waals surface area contributed by atoms with Crippen molar-refractivity contribution in [3.05, 3.63) is 0 Å². The zero-order chi connectivity index (χ0) is 16.5. The lowest BCUT2D eigenvalue weighted by Crippen LogP contribution is -2.47. The van der Waals surface area contributed by atoms with Gasteiger partial charge in [0.2, 0.25) is 5.91 Å². The molecule has 0 aromatic carbocycles. The highest BCUT2D eigenvalue weighted by atomic mass is 16.4. The smallest absolute Gasteiger partial charge is 0.326 e. The van der Waals surface area contributed by atoms with E-state index in [1.54, 1.807) is 0 Å². The van der Waals surface area contributed by atoms with E-state index in [1.807, 2.05) is 13.8 Å².